The molecule has 7 heteroatoms. The van der Waals surface area contributed by atoms with Gasteiger partial charge in [-0.15, -0.1) is 0 Å². The van der Waals surface area contributed by atoms with E-state index in [1.807, 2.05) is 6.92 Å². The van der Waals surface area contributed by atoms with Gasteiger partial charge in [0.15, 0.2) is 0 Å². The van der Waals surface area contributed by atoms with Gasteiger partial charge < -0.3 is 5.32 Å². The molecule has 0 bridgehead atoms. The Morgan fingerprint density at radius 3 is 2.47 bits per heavy atom. The Morgan fingerprint density at radius 2 is 1.89 bits per heavy atom. The third kappa shape index (κ3) is 2.93. The molecule has 0 spiro atoms. The predicted octanol–water partition coefficient (Wildman–Crippen LogP) is 0.174. The van der Waals surface area contributed by atoms with Gasteiger partial charge in [-0.1, -0.05) is 13.8 Å². The highest BCUT2D eigenvalue weighted by molar-refractivity contribution is 7.86. The third-order valence-electron chi connectivity index (χ3n) is 4.03. The summed E-state index contributed by atoms with van der Waals surface area (Å²) in [6.07, 6.45) is 2.31. The number of piperazine rings is 1. The van der Waals surface area contributed by atoms with E-state index in [1.165, 1.54) is 8.61 Å². The zero-order valence-corrected chi connectivity index (χ0v) is 12.4. The van der Waals surface area contributed by atoms with Crippen LogP contribution in [0.25, 0.3) is 0 Å². The molecule has 19 heavy (non-hydrogen) atoms. The van der Waals surface area contributed by atoms with Crippen LogP contribution in [0.2, 0.25) is 0 Å². The Morgan fingerprint density at radius 1 is 1.26 bits per heavy atom. The minimum atomic E-state index is -3.50. The van der Waals surface area contributed by atoms with Crippen LogP contribution in [0.1, 0.15) is 33.1 Å². The Kier molecular flexibility index (Phi) is 4.47. The van der Waals surface area contributed by atoms with Crippen molar-refractivity contribution >= 4 is 16.1 Å². The van der Waals surface area contributed by atoms with Gasteiger partial charge in [0.25, 0.3) is 10.2 Å². The summed E-state index contributed by atoms with van der Waals surface area (Å²) >= 11 is 0. The Labute approximate surface area is 115 Å². The summed E-state index contributed by atoms with van der Waals surface area (Å²) in [5.41, 5.74) is 0. The fourth-order valence-electron chi connectivity index (χ4n) is 2.72. The lowest BCUT2D eigenvalue weighted by atomic mass is 10.0. The zero-order valence-electron chi connectivity index (χ0n) is 11.6. The zero-order chi connectivity index (χ0) is 14.0. The molecule has 0 saturated carbocycles. The van der Waals surface area contributed by atoms with Crippen molar-refractivity contribution < 1.29 is 13.2 Å². The first-order valence-corrected chi connectivity index (χ1v) is 8.41. The highest BCUT2D eigenvalue weighted by Crippen LogP contribution is 2.23. The lowest BCUT2D eigenvalue weighted by Crippen LogP contribution is -2.60. The summed E-state index contributed by atoms with van der Waals surface area (Å²) in [5, 5.41) is 2.73. The molecule has 6 nitrogen and oxygen atoms in total. The minimum absolute atomic E-state index is 0.178. The monoisotopic (exact) mass is 289 g/mol. The van der Waals surface area contributed by atoms with Gasteiger partial charge in [-0.25, -0.2) is 0 Å². The van der Waals surface area contributed by atoms with E-state index in [0.29, 0.717) is 38.5 Å². The van der Waals surface area contributed by atoms with E-state index in [4.69, 9.17) is 0 Å². The van der Waals surface area contributed by atoms with Crippen LogP contribution in [-0.4, -0.2) is 55.2 Å². The standard InChI is InChI=1S/C12H23N3O3S/c1-3-11-12(16)13-6-9-15(11)19(17,18)14-7-4-10(2)5-8-14/h10-11H,3-9H2,1-2H3,(H,13,16). The van der Waals surface area contributed by atoms with Crippen LogP contribution >= 0.6 is 0 Å². The Bertz CT molecular complexity index is 430. The number of carbonyl (C=O) groups is 1. The van der Waals surface area contributed by atoms with Gasteiger partial charge in [-0.3, -0.25) is 4.79 Å². The molecule has 2 aliphatic heterocycles. The van der Waals surface area contributed by atoms with E-state index in [0.717, 1.165) is 12.8 Å². The largest absolute Gasteiger partial charge is 0.353 e. The van der Waals surface area contributed by atoms with Crippen molar-refractivity contribution in [3.63, 3.8) is 0 Å². The molecule has 0 aliphatic carbocycles. The second-order valence-electron chi connectivity index (χ2n) is 5.42. The summed E-state index contributed by atoms with van der Waals surface area (Å²) in [6, 6.07) is -0.557. The number of hydrogen-bond acceptors (Lipinski definition) is 3. The van der Waals surface area contributed by atoms with E-state index < -0.39 is 16.3 Å². The molecule has 1 atom stereocenters. The number of hydrogen-bond donors (Lipinski definition) is 1. The first-order chi connectivity index (χ1) is 8.96. The van der Waals surface area contributed by atoms with E-state index in [2.05, 4.69) is 12.2 Å². The van der Waals surface area contributed by atoms with Crippen molar-refractivity contribution in [2.24, 2.45) is 5.92 Å². The van der Waals surface area contributed by atoms with Crippen LogP contribution < -0.4 is 5.32 Å². The maximum Gasteiger partial charge on any atom is 0.282 e. The summed E-state index contributed by atoms with van der Waals surface area (Å²) in [6.45, 7) is 5.90. The van der Waals surface area contributed by atoms with E-state index in [9.17, 15) is 13.2 Å². The summed E-state index contributed by atoms with van der Waals surface area (Å²) < 4.78 is 28.2. The molecular weight excluding hydrogens is 266 g/mol. The second-order valence-corrected chi connectivity index (χ2v) is 7.30. The van der Waals surface area contributed by atoms with Gasteiger partial charge in [0.2, 0.25) is 5.91 Å². The van der Waals surface area contributed by atoms with Crippen LogP contribution in [0.4, 0.5) is 0 Å². The number of rotatable bonds is 3. The van der Waals surface area contributed by atoms with Crippen LogP contribution in [0.15, 0.2) is 0 Å². The van der Waals surface area contributed by atoms with Gasteiger partial charge in [0, 0.05) is 26.2 Å². The third-order valence-corrected chi connectivity index (χ3v) is 6.08. The molecule has 1 amide bonds. The van der Waals surface area contributed by atoms with Crippen molar-refractivity contribution in [2.45, 2.75) is 39.2 Å². The first kappa shape index (κ1) is 14.7. The van der Waals surface area contributed by atoms with Crippen molar-refractivity contribution in [3.8, 4) is 0 Å². The van der Waals surface area contributed by atoms with Crippen LogP contribution in [0, 0.1) is 5.92 Å². The maximum atomic E-state index is 12.6. The number of carbonyl (C=O) groups excluding carboxylic acids is 1. The first-order valence-electron chi connectivity index (χ1n) is 7.01. The number of piperidine rings is 1. The molecule has 0 aromatic rings. The lowest BCUT2D eigenvalue weighted by Gasteiger charge is -2.38. The average molecular weight is 289 g/mol. The molecule has 2 aliphatic rings. The fraction of sp³-hybridized carbons (Fsp3) is 0.917. The van der Waals surface area contributed by atoms with Gasteiger partial charge in [0.1, 0.15) is 6.04 Å². The molecule has 2 rings (SSSR count). The molecule has 110 valence electrons. The molecule has 0 aromatic heterocycles. The van der Waals surface area contributed by atoms with Crippen LogP contribution in [0.5, 0.6) is 0 Å². The quantitative estimate of drug-likeness (QED) is 0.805. The van der Waals surface area contributed by atoms with E-state index >= 15 is 0 Å². The number of nitrogens with zero attached hydrogens (tertiary/aromatic N) is 2. The van der Waals surface area contributed by atoms with Gasteiger partial charge in [0.05, 0.1) is 0 Å². The van der Waals surface area contributed by atoms with E-state index in [1.54, 1.807) is 0 Å². The SMILES string of the molecule is CCC1C(=O)NCCN1S(=O)(=O)N1CCC(C)CC1. The lowest BCUT2D eigenvalue weighted by molar-refractivity contribution is -0.126. The summed E-state index contributed by atoms with van der Waals surface area (Å²) in [7, 11) is -3.50. The molecule has 1 N–H and O–H groups in total. The van der Waals surface area contributed by atoms with Gasteiger partial charge in [-0.05, 0) is 25.2 Å². The molecule has 2 fully saturated rings. The number of amides is 1. The molecule has 2 heterocycles. The molecule has 0 radical (unpaired) electrons. The Hall–Kier alpha value is -0.660. The Balaban J connectivity index is 2.15. The normalized spacial score (nSPS) is 28.3. The van der Waals surface area contributed by atoms with Gasteiger partial charge >= 0.3 is 0 Å². The predicted molar refractivity (Wildman–Crippen MR) is 72.7 cm³/mol. The topological polar surface area (TPSA) is 69.7 Å². The molecule has 1 unspecified atom stereocenters. The minimum Gasteiger partial charge on any atom is -0.353 e. The average Bonchev–Trinajstić information content (AvgIpc) is 2.39. The van der Waals surface area contributed by atoms with Crippen molar-refractivity contribution in [2.75, 3.05) is 26.2 Å². The van der Waals surface area contributed by atoms with E-state index in [-0.39, 0.29) is 5.91 Å². The van der Waals surface area contributed by atoms with Crippen LogP contribution in [0.3, 0.4) is 0 Å². The molecule has 2 saturated heterocycles. The highest BCUT2D eigenvalue weighted by atomic mass is 32.2. The van der Waals surface area contributed by atoms with Crippen molar-refractivity contribution in [1.82, 2.24) is 13.9 Å². The summed E-state index contributed by atoms with van der Waals surface area (Å²) in [4.78, 5) is 11.8. The van der Waals surface area contributed by atoms with Crippen LogP contribution in [-0.2, 0) is 15.0 Å². The second kappa shape index (κ2) is 5.76. The van der Waals surface area contributed by atoms with Crippen molar-refractivity contribution in [1.29, 1.82) is 0 Å². The molecular formula is C12H23N3O3S. The smallest absolute Gasteiger partial charge is 0.282 e. The number of nitrogens with one attached hydrogen (secondary N) is 1. The highest BCUT2D eigenvalue weighted by Gasteiger charge is 2.40. The fourth-order valence-corrected chi connectivity index (χ4v) is 4.58. The van der Waals surface area contributed by atoms with Crippen molar-refractivity contribution in [3.05, 3.63) is 0 Å². The van der Waals surface area contributed by atoms with Gasteiger partial charge in [-0.2, -0.15) is 17.0 Å². The maximum absolute atomic E-state index is 12.6. The summed E-state index contributed by atoms with van der Waals surface area (Å²) in [5.74, 6) is 0.403. The molecule has 0 aromatic carbocycles.